The van der Waals surface area contributed by atoms with Gasteiger partial charge >= 0.3 is 0 Å². The van der Waals surface area contributed by atoms with Crippen LogP contribution in [0.25, 0.3) is 0 Å². The number of carbonyl (C=O) groups is 1. The largest absolute Gasteiger partial charge is 0.394 e. The van der Waals surface area contributed by atoms with Crippen molar-refractivity contribution in [3.05, 3.63) is 11.8 Å². The molecule has 0 spiro atoms. The average molecular weight is 157 g/mol. The minimum Gasteiger partial charge on any atom is -0.394 e. The van der Waals surface area contributed by atoms with Gasteiger partial charge < -0.3 is 10.4 Å². The first kappa shape index (κ1) is 10.2. The molecule has 2 N–H and O–H groups in total. The highest BCUT2D eigenvalue weighted by molar-refractivity contribution is 5.87. The summed E-state index contributed by atoms with van der Waals surface area (Å²) < 4.78 is 0. The number of allylic oxidation sites excluding steroid dienone is 2. The van der Waals surface area contributed by atoms with E-state index in [0.29, 0.717) is 0 Å². The molecule has 11 heavy (non-hydrogen) atoms. The molecule has 0 rings (SSSR count). The lowest BCUT2D eigenvalue weighted by molar-refractivity contribution is -0.112. The Balaban J connectivity index is 3.85. The summed E-state index contributed by atoms with van der Waals surface area (Å²) in [7, 11) is 0. The number of ketones is 1. The highest BCUT2D eigenvalue weighted by atomic mass is 16.3. The van der Waals surface area contributed by atoms with Gasteiger partial charge in [0.25, 0.3) is 0 Å². The van der Waals surface area contributed by atoms with Crippen molar-refractivity contribution < 1.29 is 9.90 Å². The van der Waals surface area contributed by atoms with Crippen LogP contribution in [0, 0.1) is 0 Å². The lowest BCUT2D eigenvalue weighted by Crippen LogP contribution is -2.27. The maximum absolute atomic E-state index is 10.5. The second kappa shape index (κ2) is 4.91. The third-order valence-corrected chi connectivity index (χ3v) is 1.17. The molecule has 0 aliphatic rings. The van der Waals surface area contributed by atoms with Crippen molar-refractivity contribution >= 4 is 5.78 Å². The van der Waals surface area contributed by atoms with Gasteiger partial charge in [-0.25, -0.2) is 0 Å². The normalized spacial score (nSPS) is 14.4. The lowest BCUT2D eigenvalue weighted by atomic mass is 10.3. The number of carbonyl (C=O) groups excluding carboxylic acids is 1. The van der Waals surface area contributed by atoms with Crippen molar-refractivity contribution in [2.75, 3.05) is 6.61 Å². The van der Waals surface area contributed by atoms with Gasteiger partial charge in [0.15, 0.2) is 5.78 Å². The van der Waals surface area contributed by atoms with Crippen LogP contribution in [-0.4, -0.2) is 23.5 Å². The molecule has 0 bridgehead atoms. The van der Waals surface area contributed by atoms with E-state index in [0.717, 1.165) is 5.70 Å². The van der Waals surface area contributed by atoms with E-state index in [1.54, 1.807) is 6.92 Å². The second-order valence-electron chi connectivity index (χ2n) is 2.67. The molecule has 1 unspecified atom stereocenters. The van der Waals surface area contributed by atoms with E-state index >= 15 is 0 Å². The van der Waals surface area contributed by atoms with Crippen molar-refractivity contribution in [3.63, 3.8) is 0 Å². The lowest BCUT2D eigenvalue weighted by Gasteiger charge is -2.11. The van der Waals surface area contributed by atoms with Gasteiger partial charge in [-0.15, -0.1) is 0 Å². The molecular weight excluding hydrogens is 142 g/mol. The molecule has 64 valence electrons. The highest BCUT2D eigenvalue weighted by Gasteiger charge is 1.97. The Kier molecular flexibility index (Phi) is 4.54. The number of hydrogen-bond acceptors (Lipinski definition) is 3. The molecule has 0 amide bonds. The molecule has 1 atom stereocenters. The molecule has 0 fully saturated rings. The molecule has 0 aliphatic heterocycles. The molecule has 3 nitrogen and oxygen atoms in total. The SMILES string of the molecule is CC(=O)C=C(C)NC(C)CO. The van der Waals surface area contributed by atoms with Crippen LogP contribution >= 0.6 is 0 Å². The Morgan fingerprint density at radius 2 is 2.18 bits per heavy atom. The van der Waals surface area contributed by atoms with Gasteiger partial charge in [0.2, 0.25) is 0 Å². The number of hydrogen-bond donors (Lipinski definition) is 2. The summed E-state index contributed by atoms with van der Waals surface area (Å²) in [5.41, 5.74) is 0.791. The molecule has 0 aromatic rings. The predicted octanol–water partition coefficient (Wildman–Crippen LogP) is 0.450. The molecule has 0 aliphatic carbocycles. The second-order valence-corrected chi connectivity index (χ2v) is 2.67. The van der Waals surface area contributed by atoms with Gasteiger partial charge in [0, 0.05) is 11.7 Å². The first-order valence-electron chi connectivity index (χ1n) is 3.62. The van der Waals surface area contributed by atoms with Crippen LogP contribution in [0.2, 0.25) is 0 Å². The van der Waals surface area contributed by atoms with Crippen LogP contribution < -0.4 is 5.32 Å². The number of rotatable bonds is 4. The fraction of sp³-hybridized carbons (Fsp3) is 0.625. The zero-order chi connectivity index (χ0) is 8.85. The first-order valence-corrected chi connectivity index (χ1v) is 3.62. The van der Waals surface area contributed by atoms with Crippen molar-refractivity contribution in [2.45, 2.75) is 26.8 Å². The third kappa shape index (κ3) is 5.61. The topological polar surface area (TPSA) is 49.3 Å². The van der Waals surface area contributed by atoms with Gasteiger partial charge in [0.1, 0.15) is 0 Å². The summed E-state index contributed by atoms with van der Waals surface area (Å²) in [6, 6.07) is 0.00519. The van der Waals surface area contributed by atoms with E-state index in [-0.39, 0.29) is 18.4 Å². The first-order chi connectivity index (χ1) is 5.06. The molecule has 0 aromatic heterocycles. The summed E-state index contributed by atoms with van der Waals surface area (Å²) in [6.45, 7) is 5.21. The minimum absolute atomic E-state index is 0.00519. The fourth-order valence-corrected chi connectivity index (χ4v) is 0.781. The smallest absolute Gasteiger partial charge is 0.154 e. The summed E-state index contributed by atoms with van der Waals surface area (Å²) in [5.74, 6) is 0.0140. The Morgan fingerprint density at radius 3 is 2.55 bits per heavy atom. The molecular formula is C8H15NO2. The Bertz CT molecular complexity index is 163. The van der Waals surface area contributed by atoms with Crippen LogP contribution in [0.3, 0.4) is 0 Å². The molecule has 3 heteroatoms. The quantitative estimate of drug-likeness (QED) is 0.582. The highest BCUT2D eigenvalue weighted by Crippen LogP contribution is 1.90. The summed E-state index contributed by atoms with van der Waals surface area (Å²) in [4.78, 5) is 10.5. The Morgan fingerprint density at radius 1 is 1.64 bits per heavy atom. The van der Waals surface area contributed by atoms with E-state index < -0.39 is 0 Å². The van der Waals surface area contributed by atoms with Crippen LogP contribution in [0.5, 0.6) is 0 Å². The van der Waals surface area contributed by atoms with Crippen LogP contribution in [-0.2, 0) is 4.79 Å². The summed E-state index contributed by atoms with van der Waals surface area (Å²) in [6.07, 6.45) is 1.51. The molecule has 0 saturated heterocycles. The zero-order valence-corrected chi connectivity index (χ0v) is 7.22. The third-order valence-electron chi connectivity index (χ3n) is 1.17. The van der Waals surface area contributed by atoms with E-state index in [4.69, 9.17) is 5.11 Å². The van der Waals surface area contributed by atoms with E-state index in [2.05, 4.69) is 5.32 Å². The molecule has 0 radical (unpaired) electrons. The van der Waals surface area contributed by atoms with Crippen molar-refractivity contribution in [3.8, 4) is 0 Å². The van der Waals surface area contributed by atoms with Gasteiger partial charge in [-0.1, -0.05) is 0 Å². The summed E-state index contributed by atoms with van der Waals surface area (Å²) in [5, 5.41) is 11.6. The standard InChI is InChI=1S/C8H15NO2/c1-6(4-8(3)11)9-7(2)5-10/h4,7,9-10H,5H2,1-3H3. The number of aliphatic hydroxyl groups is 1. The van der Waals surface area contributed by atoms with Crippen LogP contribution in [0.1, 0.15) is 20.8 Å². The average Bonchev–Trinajstić information content (AvgIpc) is 1.85. The minimum atomic E-state index is 0.00519. The Hall–Kier alpha value is -0.830. The van der Waals surface area contributed by atoms with Gasteiger partial charge in [0.05, 0.1) is 6.61 Å². The maximum atomic E-state index is 10.5. The van der Waals surface area contributed by atoms with Crippen LogP contribution in [0.15, 0.2) is 11.8 Å². The summed E-state index contributed by atoms with van der Waals surface area (Å²) >= 11 is 0. The molecule has 0 heterocycles. The number of nitrogens with one attached hydrogen (secondary N) is 1. The zero-order valence-electron chi connectivity index (χ0n) is 7.22. The van der Waals surface area contributed by atoms with E-state index in [1.165, 1.54) is 13.0 Å². The predicted molar refractivity (Wildman–Crippen MR) is 44.1 cm³/mol. The number of aliphatic hydroxyl groups excluding tert-OH is 1. The monoisotopic (exact) mass is 157 g/mol. The van der Waals surface area contributed by atoms with Crippen molar-refractivity contribution in [1.29, 1.82) is 0 Å². The van der Waals surface area contributed by atoms with Gasteiger partial charge in [-0.2, -0.15) is 0 Å². The van der Waals surface area contributed by atoms with Crippen molar-refractivity contribution in [1.82, 2.24) is 5.32 Å². The van der Waals surface area contributed by atoms with Gasteiger partial charge in [-0.05, 0) is 26.8 Å². The Labute approximate surface area is 67.1 Å². The molecule has 0 saturated carbocycles. The molecule has 0 aromatic carbocycles. The van der Waals surface area contributed by atoms with Crippen LogP contribution in [0.4, 0.5) is 0 Å². The van der Waals surface area contributed by atoms with E-state index in [1.807, 2.05) is 6.92 Å². The van der Waals surface area contributed by atoms with Crippen molar-refractivity contribution in [2.24, 2.45) is 0 Å². The maximum Gasteiger partial charge on any atom is 0.154 e. The van der Waals surface area contributed by atoms with Gasteiger partial charge in [-0.3, -0.25) is 4.79 Å². The fourth-order valence-electron chi connectivity index (χ4n) is 0.781. The van der Waals surface area contributed by atoms with E-state index in [9.17, 15) is 4.79 Å².